The molecule has 1 saturated heterocycles. The van der Waals surface area contributed by atoms with Gasteiger partial charge in [-0.2, -0.15) is 13.2 Å². The van der Waals surface area contributed by atoms with E-state index in [-0.39, 0.29) is 17.5 Å². The minimum Gasteiger partial charge on any atom is -0.452 e. The lowest BCUT2D eigenvalue weighted by atomic mass is 9.48. The average Bonchev–Trinajstić information content (AvgIpc) is 2.77. The lowest BCUT2D eigenvalue weighted by Crippen LogP contribution is -2.59. The molecule has 4 aliphatic carbocycles. The second-order valence-electron chi connectivity index (χ2n) is 10.8. The molecular weight excluding hydrogens is 465 g/mol. The molecule has 4 saturated carbocycles. The molecule has 192 valence electrons. The minimum atomic E-state index is -4.57. The average molecular weight is 497 g/mol. The summed E-state index contributed by atoms with van der Waals surface area (Å²) in [6.45, 7) is 3.24. The van der Waals surface area contributed by atoms with Crippen molar-refractivity contribution in [2.75, 3.05) is 36.5 Å². The van der Waals surface area contributed by atoms with Gasteiger partial charge in [-0.15, -0.1) is 0 Å². The predicted molar refractivity (Wildman–Crippen MR) is 121 cm³/mol. The van der Waals surface area contributed by atoms with E-state index >= 15 is 0 Å². The second kappa shape index (κ2) is 8.65. The van der Waals surface area contributed by atoms with Crippen LogP contribution in [0.1, 0.15) is 51.0 Å². The molecule has 7 nitrogen and oxygen atoms in total. The van der Waals surface area contributed by atoms with Crippen molar-refractivity contribution in [1.29, 1.82) is 0 Å². The molecule has 3 unspecified atom stereocenters. The number of hydrogen-bond acceptors (Lipinski definition) is 6. The first kappa shape index (κ1) is 24.4. The fourth-order valence-electron chi connectivity index (χ4n) is 6.92. The number of nitrogens with zero attached hydrogens (tertiary/aromatic N) is 1. The predicted octanol–water partition coefficient (Wildman–Crippen LogP) is 3.74. The molecule has 10 heteroatoms. The second-order valence-corrected chi connectivity index (χ2v) is 10.8. The molecular formula is C25H31F3N2O5. The molecule has 35 heavy (non-hydrogen) atoms. The Labute approximate surface area is 201 Å². The highest BCUT2D eigenvalue weighted by atomic mass is 19.4. The molecule has 1 heterocycles. The standard InChI is InChI=1S/C25H31F3N2O5/c1-15(35-22(32)23-10-16-8-17(11-23)13-24(33,12-16)14-23)21(31)29-19-9-18(25(26,27)28)2-3-20(19)30-4-6-34-7-5-30/h2-3,9,15-17,33H,4-8,10-14H2,1H3,(H,29,31). The Kier molecular flexibility index (Phi) is 6.03. The normalized spacial score (nSPS) is 32.9. The van der Waals surface area contributed by atoms with Gasteiger partial charge in [0.15, 0.2) is 6.10 Å². The number of morpholine rings is 1. The molecule has 3 atom stereocenters. The third-order valence-corrected chi connectivity index (χ3v) is 8.05. The van der Waals surface area contributed by atoms with E-state index in [0.717, 1.165) is 18.6 Å². The number of halogens is 3. The van der Waals surface area contributed by atoms with Gasteiger partial charge in [0.05, 0.1) is 41.2 Å². The number of carbonyl (C=O) groups excluding carboxylic acids is 2. The van der Waals surface area contributed by atoms with Crippen LogP contribution in [0.3, 0.4) is 0 Å². The summed E-state index contributed by atoms with van der Waals surface area (Å²) in [5, 5.41) is 13.5. The van der Waals surface area contributed by atoms with Crippen molar-refractivity contribution < 1.29 is 37.3 Å². The Morgan fingerprint density at radius 1 is 1.17 bits per heavy atom. The van der Waals surface area contributed by atoms with Crippen LogP contribution in [-0.4, -0.2) is 55.0 Å². The van der Waals surface area contributed by atoms with Gasteiger partial charge in [-0.1, -0.05) is 0 Å². The zero-order chi connectivity index (χ0) is 25.0. The maximum absolute atomic E-state index is 13.4. The summed E-state index contributed by atoms with van der Waals surface area (Å²) in [7, 11) is 0. The first-order valence-corrected chi connectivity index (χ1v) is 12.2. The zero-order valence-electron chi connectivity index (χ0n) is 19.7. The van der Waals surface area contributed by atoms with Gasteiger partial charge >= 0.3 is 12.1 Å². The van der Waals surface area contributed by atoms with Crippen molar-refractivity contribution in [2.24, 2.45) is 17.3 Å². The maximum Gasteiger partial charge on any atom is 0.416 e. The van der Waals surface area contributed by atoms with Gasteiger partial charge in [0.1, 0.15) is 0 Å². The lowest BCUT2D eigenvalue weighted by Gasteiger charge is -2.58. The third kappa shape index (κ3) is 4.74. The Balaban J connectivity index is 1.31. The molecule has 1 aromatic rings. The number of aliphatic hydroxyl groups is 1. The summed E-state index contributed by atoms with van der Waals surface area (Å²) in [6, 6.07) is 3.24. The van der Waals surface area contributed by atoms with Crippen LogP contribution < -0.4 is 10.2 Å². The molecule has 0 aromatic heterocycles. The summed E-state index contributed by atoms with van der Waals surface area (Å²) in [6.07, 6.45) is -1.72. The number of rotatable bonds is 5. The summed E-state index contributed by atoms with van der Waals surface area (Å²) < 4.78 is 51.0. The lowest BCUT2D eigenvalue weighted by molar-refractivity contribution is -0.199. The monoisotopic (exact) mass is 496 g/mol. The molecule has 1 amide bonds. The van der Waals surface area contributed by atoms with Gasteiger partial charge in [-0.05, 0) is 75.5 Å². The van der Waals surface area contributed by atoms with Crippen molar-refractivity contribution in [1.82, 2.24) is 0 Å². The van der Waals surface area contributed by atoms with Crippen LogP contribution in [0.15, 0.2) is 18.2 Å². The Hall–Kier alpha value is -2.33. The smallest absolute Gasteiger partial charge is 0.416 e. The van der Waals surface area contributed by atoms with Crippen molar-refractivity contribution in [3.63, 3.8) is 0 Å². The van der Waals surface area contributed by atoms with Gasteiger partial charge in [0.2, 0.25) is 0 Å². The molecule has 4 bridgehead atoms. The fraction of sp³-hybridized carbons (Fsp3) is 0.680. The van der Waals surface area contributed by atoms with E-state index in [1.807, 2.05) is 4.90 Å². The molecule has 6 rings (SSSR count). The van der Waals surface area contributed by atoms with E-state index in [2.05, 4.69) is 5.32 Å². The summed E-state index contributed by atoms with van der Waals surface area (Å²) >= 11 is 0. The van der Waals surface area contributed by atoms with Gasteiger partial charge in [-0.3, -0.25) is 9.59 Å². The van der Waals surface area contributed by atoms with Gasteiger partial charge in [0.25, 0.3) is 5.91 Å². The minimum absolute atomic E-state index is 0.0127. The molecule has 0 spiro atoms. The summed E-state index contributed by atoms with van der Waals surface area (Å²) in [5.74, 6) is -0.640. The molecule has 0 radical (unpaired) electrons. The topological polar surface area (TPSA) is 88.1 Å². The number of nitrogens with one attached hydrogen (secondary N) is 1. The number of alkyl halides is 3. The van der Waals surface area contributed by atoms with Crippen molar-refractivity contribution in [3.05, 3.63) is 23.8 Å². The van der Waals surface area contributed by atoms with E-state index in [9.17, 15) is 27.9 Å². The number of carbonyl (C=O) groups is 2. The highest BCUT2D eigenvalue weighted by Gasteiger charge is 2.61. The number of benzene rings is 1. The summed E-state index contributed by atoms with van der Waals surface area (Å²) in [4.78, 5) is 28.0. The molecule has 5 fully saturated rings. The van der Waals surface area contributed by atoms with Gasteiger partial charge in [0, 0.05) is 13.1 Å². The molecule has 1 aromatic carbocycles. The summed E-state index contributed by atoms with van der Waals surface area (Å²) in [5.41, 5.74) is -2.05. The van der Waals surface area contributed by atoms with Gasteiger partial charge < -0.3 is 24.8 Å². The maximum atomic E-state index is 13.4. The van der Waals surface area contributed by atoms with E-state index in [4.69, 9.17) is 9.47 Å². The van der Waals surface area contributed by atoms with Crippen LogP contribution in [0.25, 0.3) is 0 Å². The number of amides is 1. The number of anilines is 2. The quantitative estimate of drug-likeness (QED) is 0.604. The Morgan fingerprint density at radius 2 is 1.83 bits per heavy atom. The van der Waals surface area contributed by atoms with Gasteiger partial charge in [-0.25, -0.2) is 0 Å². The first-order chi connectivity index (χ1) is 16.5. The largest absolute Gasteiger partial charge is 0.452 e. The molecule has 1 aliphatic heterocycles. The van der Waals surface area contributed by atoms with E-state index in [0.29, 0.717) is 64.1 Å². The van der Waals surface area contributed by atoms with Crippen LogP contribution >= 0.6 is 0 Å². The number of esters is 1. The highest BCUT2D eigenvalue weighted by molar-refractivity contribution is 5.98. The van der Waals surface area contributed by atoms with Crippen molar-refractivity contribution >= 4 is 23.3 Å². The molecule has 5 aliphatic rings. The van der Waals surface area contributed by atoms with Crippen LogP contribution in [0, 0.1) is 17.3 Å². The highest BCUT2D eigenvalue weighted by Crippen LogP contribution is 2.62. The van der Waals surface area contributed by atoms with Crippen LogP contribution in [-0.2, 0) is 25.2 Å². The molecule has 2 N–H and O–H groups in total. The first-order valence-electron chi connectivity index (χ1n) is 12.2. The van der Waals surface area contributed by atoms with E-state index in [1.54, 1.807) is 0 Å². The van der Waals surface area contributed by atoms with E-state index in [1.165, 1.54) is 13.0 Å². The van der Waals surface area contributed by atoms with Crippen molar-refractivity contribution in [2.45, 2.75) is 63.3 Å². The fourth-order valence-corrected chi connectivity index (χ4v) is 6.92. The zero-order valence-corrected chi connectivity index (χ0v) is 19.7. The number of hydrogen-bond donors (Lipinski definition) is 2. The van der Waals surface area contributed by atoms with E-state index < -0.39 is 40.7 Å². The third-order valence-electron chi connectivity index (χ3n) is 8.05. The van der Waals surface area contributed by atoms with Crippen LogP contribution in [0.4, 0.5) is 24.5 Å². The van der Waals surface area contributed by atoms with Crippen molar-refractivity contribution in [3.8, 4) is 0 Å². The Bertz CT molecular complexity index is 993. The van der Waals surface area contributed by atoms with Crippen LogP contribution in [0.5, 0.6) is 0 Å². The SMILES string of the molecule is CC(OC(=O)C12CC3CC(CC(O)(C3)C1)C2)C(=O)Nc1cc(C(F)(F)F)ccc1N1CCOCC1. The van der Waals surface area contributed by atoms with Crippen LogP contribution in [0.2, 0.25) is 0 Å². The number of ether oxygens (including phenoxy) is 2. The Morgan fingerprint density at radius 3 is 2.43 bits per heavy atom.